The zero-order chi connectivity index (χ0) is 11.3. The van der Waals surface area contributed by atoms with E-state index in [9.17, 15) is 4.79 Å². The van der Waals surface area contributed by atoms with Gasteiger partial charge < -0.3 is 10.6 Å². The fourth-order valence-corrected chi connectivity index (χ4v) is 3.25. The van der Waals surface area contributed by atoms with E-state index in [0.717, 1.165) is 25.0 Å². The molecule has 1 fully saturated rings. The predicted molar refractivity (Wildman–Crippen MR) is 66.0 cm³/mol. The van der Waals surface area contributed by atoms with E-state index in [4.69, 9.17) is 5.73 Å². The minimum absolute atomic E-state index is 0.0330. The lowest BCUT2D eigenvalue weighted by molar-refractivity contribution is -0.135. The van der Waals surface area contributed by atoms with Crippen molar-refractivity contribution in [3.05, 3.63) is 0 Å². The summed E-state index contributed by atoms with van der Waals surface area (Å²) in [5.41, 5.74) is 5.64. The predicted octanol–water partition coefficient (Wildman–Crippen LogP) is 1.33. The third-order valence-corrected chi connectivity index (χ3v) is 4.22. The van der Waals surface area contributed by atoms with Crippen LogP contribution in [-0.2, 0) is 4.79 Å². The van der Waals surface area contributed by atoms with E-state index in [1.165, 1.54) is 5.75 Å². The van der Waals surface area contributed by atoms with E-state index in [1.54, 1.807) is 0 Å². The summed E-state index contributed by atoms with van der Waals surface area (Å²) in [6.07, 6.45) is 3.08. The minimum Gasteiger partial charge on any atom is -0.342 e. The number of nitrogens with zero attached hydrogens (tertiary/aromatic N) is 1. The van der Waals surface area contributed by atoms with Crippen LogP contribution in [0, 0.1) is 5.92 Å². The molecule has 0 aromatic carbocycles. The van der Waals surface area contributed by atoms with Crippen molar-refractivity contribution in [1.82, 2.24) is 4.90 Å². The summed E-state index contributed by atoms with van der Waals surface area (Å²) in [4.78, 5) is 14.0. The highest BCUT2D eigenvalue weighted by molar-refractivity contribution is 7.99. The summed E-state index contributed by atoms with van der Waals surface area (Å²) in [6.45, 7) is 2.58. The van der Waals surface area contributed by atoms with Crippen molar-refractivity contribution in [1.29, 1.82) is 0 Å². The maximum atomic E-state index is 12.1. The molecule has 88 valence electrons. The van der Waals surface area contributed by atoms with Gasteiger partial charge in [0.25, 0.3) is 0 Å². The maximum absolute atomic E-state index is 12.1. The van der Waals surface area contributed by atoms with Crippen LogP contribution in [0.25, 0.3) is 0 Å². The summed E-state index contributed by atoms with van der Waals surface area (Å²) < 4.78 is 0. The molecule has 3 nitrogen and oxygen atoms in total. The fraction of sp³-hybridized carbons (Fsp3) is 0.909. The van der Waals surface area contributed by atoms with Crippen LogP contribution in [0.4, 0.5) is 0 Å². The third-order valence-electron chi connectivity index (χ3n) is 3.07. The molecule has 1 rings (SSSR count). The normalized spacial score (nSPS) is 22.7. The van der Waals surface area contributed by atoms with Crippen molar-refractivity contribution < 1.29 is 4.79 Å². The molecule has 4 heteroatoms. The smallest absolute Gasteiger partial charge is 0.226 e. The van der Waals surface area contributed by atoms with Crippen molar-refractivity contribution in [2.45, 2.75) is 32.2 Å². The van der Waals surface area contributed by atoms with Gasteiger partial charge in [-0.3, -0.25) is 4.79 Å². The summed E-state index contributed by atoms with van der Waals surface area (Å²) >= 11 is 1.94. The quantitative estimate of drug-likeness (QED) is 0.775. The first kappa shape index (κ1) is 12.8. The van der Waals surface area contributed by atoms with Gasteiger partial charge in [0.05, 0.1) is 5.92 Å². The third kappa shape index (κ3) is 3.38. The van der Waals surface area contributed by atoms with Crippen LogP contribution < -0.4 is 5.73 Å². The molecule has 1 amide bonds. The first-order chi connectivity index (χ1) is 7.20. The Kier molecular flexibility index (Phi) is 5.47. The fourth-order valence-electron chi connectivity index (χ4n) is 1.99. The number of carbonyl (C=O) groups is 1. The molecule has 1 heterocycles. The topological polar surface area (TPSA) is 46.3 Å². The van der Waals surface area contributed by atoms with Crippen LogP contribution in [0.2, 0.25) is 0 Å². The zero-order valence-electron chi connectivity index (χ0n) is 9.74. The molecule has 0 spiro atoms. The van der Waals surface area contributed by atoms with Crippen molar-refractivity contribution in [3.63, 3.8) is 0 Å². The van der Waals surface area contributed by atoms with Crippen LogP contribution in [-0.4, -0.2) is 41.9 Å². The number of thioether (sulfide) groups is 1. The van der Waals surface area contributed by atoms with E-state index in [-0.39, 0.29) is 11.8 Å². The zero-order valence-corrected chi connectivity index (χ0v) is 10.6. The summed E-state index contributed by atoms with van der Waals surface area (Å²) in [5, 5.41) is 0. The molecule has 0 aromatic rings. The van der Waals surface area contributed by atoms with Crippen molar-refractivity contribution in [2.75, 3.05) is 25.1 Å². The van der Waals surface area contributed by atoms with E-state index in [0.29, 0.717) is 12.6 Å². The van der Waals surface area contributed by atoms with Gasteiger partial charge in [-0.25, -0.2) is 0 Å². The number of nitrogens with two attached hydrogens (primary N) is 1. The second-order valence-corrected chi connectivity index (χ2v) is 5.34. The molecule has 1 aliphatic heterocycles. The minimum atomic E-state index is 0.0330. The van der Waals surface area contributed by atoms with Crippen molar-refractivity contribution in [3.8, 4) is 0 Å². The molecule has 0 saturated carbocycles. The molecule has 0 bridgehead atoms. The monoisotopic (exact) mass is 230 g/mol. The number of amides is 1. The van der Waals surface area contributed by atoms with E-state index < -0.39 is 0 Å². The number of carbonyl (C=O) groups excluding carboxylic acids is 1. The standard InChI is InChI=1S/C11H22N2OS/c1-3-4-9(7-12)11(14)13(2)10-5-6-15-8-10/h9-10H,3-8,12H2,1-2H3. The average molecular weight is 230 g/mol. The molecule has 1 aliphatic rings. The molecule has 0 aromatic heterocycles. The highest BCUT2D eigenvalue weighted by atomic mass is 32.2. The lowest BCUT2D eigenvalue weighted by Gasteiger charge is -2.27. The maximum Gasteiger partial charge on any atom is 0.226 e. The van der Waals surface area contributed by atoms with E-state index in [2.05, 4.69) is 6.92 Å². The molecule has 0 radical (unpaired) electrons. The summed E-state index contributed by atoms with van der Waals surface area (Å²) in [6, 6.07) is 0.438. The SMILES string of the molecule is CCCC(CN)C(=O)N(C)C1CCSC1. The summed E-state index contributed by atoms with van der Waals surface area (Å²) in [5.74, 6) is 2.55. The van der Waals surface area contributed by atoms with E-state index >= 15 is 0 Å². The van der Waals surface area contributed by atoms with Gasteiger partial charge in [-0.05, 0) is 18.6 Å². The Labute approximate surface area is 96.8 Å². The highest BCUT2D eigenvalue weighted by Gasteiger charge is 2.27. The first-order valence-electron chi connectivity index (χ1n) is 5.75. The second kappa shape index (κ2) is 6.38. The van der Waals surface area contributed by atoms with Crippen LogP contribution in [0.3, 0.4) is 0 Å². The van der Waals surface area contributed by atoms with Gasteiger partial charge in [-0.2, -0.15) is 11.8 Å². The van der Waals surface area contributed by atoms with Gasteiger partial charge >= 0.3 is 0 Å². The molecule has 0 aliphatic carbocycles. The molecule has 15 heavy (non-hydrogen) atoms. The average Bonchev–Trinajstić information content (AvgIpc) is 2.77. The summed E-state index contributed by atoms with van der Waals surface area (Å²) in [7, 11) is 1.93. The number of hydrogen-bond acceptors (Lipinski definition) is 3. The van der Waals surface area contributed by atoms with Crippen molar-refractivity contribution >= 4 is 17.7 Å². The van der Waals surface area contributed by atoms with Crippen LogP contribution >= 0.6 is 11.8 Å². The molecule has 2 unspecified atom stereocenters. The molecular weight excluding hydrogens is 208 g/mol. The van der Waals surface area contributed by atoms with Crippen LogP contribution in [0.1, 0.15) is 26.2 Å². The molecule has 2 N–H and O–H groups in total. The Balaban J connectivity index is 2.48. The Morgan fingerprint density at radius 1 is 1.67 bits per heavy atom. The Morgan fingerprint density at radius 3 is 2.87 bits per heavy atom. The Morgan fingerprint density at radius 2 is 2.40 bits per heavy atom. The lowest BCUT2D eigenvalue weighted by atomic mass is 10.0. The Hall–Kier alpha value is -0.220. The first-order valence-corrected chi connectivity index (χ1v) is 6.90. The molecule has 2 atom stereocenters. The van der Waals surface area contributed by atoms with Gasteiger partial charge in [0.1, 0.15) is 0 Å². The van der Waals surface area contributed by atoms with Gasteiger partial charge in [0, 0.05) is 25.4 Å². The Bertz CT molecular complexity index is 205. The van der Waals surface area contributed by atoms with E-state index in [1.807, 2.05) is 23.7 Å². The van der Waals surface area contributed by atoms with Gasteiger partial charge in [0.2, 0.25) is 5.91 Å². The molecule has 1 saturated heterocycles. The van der Waals surface area contributed by atoms with Crippen molar-refractivity contribution in [2.24, 2.45) is 11.7 Å². The van der Waals surface area contributed by atoms with Gasteiger partial charge in [-0.1, -0.05) is 13.3 Å². The second-order valence-electron chi connectivity index (χ2n) is 4.19. The van der Waals surface area contributed by atoms with Crippen LogP contribution in [0.15, 0.2) is 0 Å². The van der Waals surface area contributed by atoms with Gasteiger partial charge in [0.15, 0.2) is 0 Å². The lowest BCUT2D eigenvalue weighted by Crippen LogP contribution is -2.42. The van der Waals surface area contributed by atoms with Crippen LogP contribution in [0.5, 0.6) is 0 Å². The van der Waals surface area contributed by atoms with Gasteiger partial charge in [-0.15, -0.1) is 0 Å². The largest absolute Gasteiger partial charge is 0.342 e. The highest BCUT2D eigenvalue weighted by Crippen LogP contribution is 2.23. The number of rotatable bonds is 5. The molecular formula is C11H22N2OS. The number of hydrogen-bond donors (Lipinski definition) is 1.